The third-order valence-electron chi connectivity index (χ3n) is 7.17. The van der Waals surface area contributed by atoms with Crippen molar-refractivity contribution < 1.29 is 29.5 Å². The third kappa shape index (κ3) is 5.43. The molecule has 0 aliphatic carbocycles. The van der Waals surface area contributed by atoms with E-state index in [2.05, 4.69) is 25.3 Å². The van der Waals surface area contributed by atoms with E-state index in [-0.39, 0.29) is 11.6 Å². The molecule has 0 bridgehead atoms. The lowest BCUT2D eigenvalue weighted by molar-refractivity contribution is -0.0288. The molecule has 3 aromatic heterocycles. The first-order valence-electron chi connectivity index (χ1n) is 13.4. The van der Waals surface area contributed by atoms with Crippen molar-refractivity contribution in [1.82, 2.24) is 29.5 Å². The topological polar surface area (TPSA) is 196 Å². The molecule has 0 radical (unpaired) electrons. The molecule has 0 spiro atoms. The summed E-state index contributed by atoms with van der Waals surface area (Å²) in [6.45, 7) is 0.516. The number of phenolic OH excluding ortho intramolecular Hbond substituents is 1. The lowest BCUT2D eigenvalue weighted by atomic mass is 10.1. The van der Waals surface area contributed by atoms with E-state index in [0.29, 0.717) is 63.4 Å². The second kappa shape index (κ2) is 12.0. The predicted octanol–water partition coefficient (Wildman–Crippen LogP) is 2.21. The molecule has 14 nitrogen and oxygen atoms in total. The van der Waals surface area contributed by atoms with Gasteiger partial charge in [0.2, 0.25) is 0 Å². The van der Waals surface area contributed by atoms with E-state index in [1.807, 2.05) is 0 Å². The van der Waals surface area contributed by atoms with Crippen LogP contribution in [0, 0.1) is 0 Å². The second-order valence-corrected chi connectivity index (χ2v) is 10.9. The first-order valence-corrected chi connectivity index (χ1v) is 14.5. The Morgan fingerprint density at radius 3 is 2.63 bits per heavy atom. The van der Waals surface area contributed by atoms with Gasteiger partial charge in [-0.3, -0.25) is 4.57 Å². The van der Waals surface area contributed by atoms with E-state index in [0.717, 1.165) is 5.39 Å². The number of benzene rings is 2. The van der Waals surface area contributed by atoms with E-state index in [9.17, 15) is 15.3 Å². The number of nitrogens with two attached hydrogens (primary N) is 1. The summed E-state index contributed by atoms with van der Waals surface area (Å²) in [6.07, 6.45) is -0.986. The fraction of sp³-hybridized carbons (Fsp3) is 0.321. The van der Waals surface area contributed by atoms with Gasteiger partial charge in [0.15, 0.2) is 35.0 Å². The van der Waals surface area contributed by atoms with Crippen molar-refractivity contribution in [2.45, 2.75) is 24.5 Å². The molecular weight excluding hydrogens is 576 g/mol. The number of imidazole rings is 1. The number of ether oxygens (including phenoxy) is 3. The number of phenols is 1. The number of anilines is 2. The van der Waals surface area contributed by atoms with Gasteiger partial charge in [-0.2, -0.15) is 11.8 Å². The number of aromatic nitrogens is 6. The van der Waals surface area contributed by atoms with Crippen molar-refractivity contribution in [1.29, 1.82) is 0 Å². The Morgan fingerprint density at radius 1 is 1.05 bits per heavy atom. The largest absolute Gasteiger partial charge is 0.507 e. The highest BCUT2D eigenvalue weighted by Crippen LogP contribution is 2.37. The average molecular weight is 607 g/mol. The molecule has 224 valence electrons. The average Bonchev–Trinajstić information content (AvgIpc) is 3.57. The van der Waals surface area contributed by atoms with Crippen LogP contribution in [0.5, 0.6) is 17.2 Å². The minimum absolute atomic E-state index is 0.0686. The molecule has 4 atom stereocenters. The number of nitrogens with zero attached hydrogens (tertiary/aromatic N) is 6. The van der Waals surface area contributed by atoms with Crippen molar-refractivity contribution in [3.05, 3.63) is 49.1 Å². The molecular formula is C28H30N8O6S. The molecule has 1 fully saturated rings. The van der Waals surface area contributed by atoms with E-state index in [4.69, 9.17) is 24.9 Å². The van der Waals surface area contributed by atoms with E-state index in [1.165, 1.54) is 12.7 Å². The number of aliphatic hydroxyl groups excluding tert-OH is 2. The molecule has 0 unspecified atom stereocenters. The summed E-state index contributed by atoms with van der Waals surface area (Å²) in [5, 5.41) is 36.0. The smallest absolute Gasteiger partial charge is 0.167 e. The van der Waals surface area contributed by atoms with Crippen molar-refractivity contribution in [3.8, 4) is 28.6 Å². The summed E-state index contributed by atoms with van der Waals surface area (Å²) < 4.78 is 18.5. The summed E-state index contributed by atoms with van der Waals surface area (Å²) in [6, 6.07) is 10.4. The Hall–Kier alpha value is -4.44. The summed E-state index contributed by atoms with van der Waals surface area (Å²) in [4.78, 5) is 21.7. The van der Waals surface area contributed by atoms with Crippen LogP contribution in [0.3, 0.4) is 0 Å². The number of aliphatic hydroxyl groups is 2. The molecule has 1 aliphatic heterocycles. The van der Waals surface area contributed by atoms with Crippen molar-refractivity contribution >= 4 is 45.5 Å². The lowest BCUT2D eigenvalue weighted by Gasteiger charge is -2.16. The number of aromatic hydroxyl groups is 1. The normalized spacial score (nSPS) is 20.1. The predicted molar refractivity (Wildman–Crippen MR) is 161 cm³/mol. The number of nitrogens with one attached hydrogen (secondary N) is 1. The summed E-state index contributed by atoms with van der Waals surface area (Å²) in [5.74, 6) is 3.33. The minimum Gasteiger partial charge on any atom is -0.507 e. The Labute approximate surface area is 249 Å². The molecule has 15 heteroatoms. The van der Waals surface area contributed by atoms with E-state index in [1.54, 1.807) is 66.9 Å². The van der Waals surface area contributed by atoms with Crippen molar-refractivity contribution in [2.75, 3.05) is 43.3 Å². The van der Waals surface area contributed by atoms with Crippen molar-refractivity contribution in [2.24, 2.45) is 0 Å². The van der Waals surface area contributed by atoms with Crippen LogP contribution in [-0.4, -0.2) is 95.4 Å². The summed E-state index contributed by atoms with van der Waals surface area (Å²) >= 11 is 1.55. The van der Waals surface area contributed by atoms with Gasteiger partial charge in [0, 0.05) is 29.5 Å². The zero-order valence-corrected chi connectivity index (χ0v) is 24.1. The van der Waals surface area contributed by atoms with Gasteiger partial charge in [-0.05, 0) is 18.2 Å². The van der Waals surface area contributed by atoms with Crippen LogP contribution in [0.25, 0.3) is 33.5 Å². The Morgan fingerprint density at radius 2 is 1.84 bits per heavy atom. The number of rotatable bonds is 10. The maximum atomic E-state index is 10.7. The fourth-order valence-electron chi connectivity index (χ4n) is 4.97. The van der Waals surface area contributed by atoms with Gasteiger partial charge in [-0.25, -0.2) is 24.9 Å². The highest BCUT2D eigenvalue weighted by atomic mass is 32.2. The molecule has 0 amide bonds. The van der Waals surface area contributed by atoms with E-state index < -0.39 is 24.5 Å². The first kappa shape index (κ1) is 28.7. The summed E-state index contributed by atoms with van der Waals surface area (Å²) in [7, 11) is 3.11. The van der Waals surface area contributed by atoms with Crippen molar-refractivity contribution in [3.63, 3.8) is 0 Å². The number of methoxy groups -OCH3 is 2. The van der Waals surface area contributed by atoms with Gasteiger partial charge in [-0.15, -0.1) is 0 Å². The van der Waals surface area contributed by atoms with Crippen LogP contribution in [0.1, 0.15) is 6.23 Å². The van der Waals surface area contributed by atoms with Crippen LogP contribution < -0.4 is 20.5 Å². The maximum absolute atomic E-state index is 10.7. The zero-order chi connectivity index (χ0) is 30.1. The van der Waals surface area contributed by atoms with E-state index >= 15 is 0 Å². The standard InChI is InChI=1S/C28H30N8O6S/c1-40-18-9-15-16(10-19(18)41-2)34-26(14-5-3-4-6-17(14)37)35-25(15)30-7-8-43-11-20-22(38)23(39)28(42-20)36-13-33-21-24(29)31-12-32-27(21)36/h3-6,9-10,12-13,20,22-23,28,37-39H,7-8,11H2,1-2H3,(H2,29,31,32)(H,30,34,35)/t20-,22-,23-,28-/m1/s1. The number of hydrogen-bond donors (Lipinski definition) is 5. The number of hydrogen-bond acceptors (Lipinski definition) is 14. The molecule has 1 saturated heterocycles. The molecule has 6 N–H and O–H groups in total. The minimum atomic E-state index is -1.18. The number of nitrogen functional groups attached to an aromatic ring is 1. The molecule has 2 aromatic carbocycles. The molecule has 0 saturated carbocycles. The SMILES string of the molecule is COc1cc2nc(-c3ccccc3O)nc(NCCSC[C@H]3O[C@@H](n4cnc5c(N)ncnc54)[C@H](O)[C@@H]3O)c2cc1OC. The Kier molecular flexibility index (Phi) is 8.03. The summed E-state index contributed by atoms with van der Waals surface area (Å²) in [5.41, 5.74) is 7.80. The third-order valence-corrected chi connectivity index (χ3v) is 8.22. The number of fused-ring (bicyclic) bond motifs is 2. The van der Waals surface area contributed by atoms with Gasteiger partial charge >= 0.3 is 0 Å². The molecule has 4 heterocycles. The quantitative estimate of drug-likeness (QED) is 0.145. The Bertz CT molecular complexity index is 1770. The molecule has 43 heavy (non-hydrogen) atoms. The first-order chi connectivity index (χ1) is 20.9. The van der Waals surface area contributed by atoms with Gasteiger partial charge in [0.25, 0.3) is 0 Å². The highest BCUT2D eigenvalue weighted by molar-refractivity contribution is 7.99. The van der Waals surface area contributed by atoms with Gasteiger partial charge in [0.1, 0.15) is 35.6 Å². The molecule has 6 rings (SSSR count). The second-order valence-electron chi connectivity index (χ2n) is 9.77. The van der Waals surface area contributed by atoms with Crippen LogP contribution >= 0.6 is 11.8 Å². The van der Waals surface area contributed by atoms with Crippen LogP contribution in [0.2, 0.25) is 0 Å². The van der Waals surface area contributed by atoms with Gasteiger partial charge in [0.05, 0.1) is 37.7 Å². The number of para-hydroxylation sites is 1. The number of thioether (sulfide) groups is 1. The van der Waals surface area contributed by atoms with Crippen LogP contribution in [0.15, 0.2) is 49.1 Å². The highest BCUT2D eigenvalue weighted by Gasteiger charge is 2.44. The lowest BCUT2D eigenvalue weighted by Crippen LogP contribution is -2.32. The van der Waals surface area contributed by atoms with Crippen LogP contribution in [-0.2, 0) is 4.74 Å². The van der Waals surface area contributed by atoms with Crippen LogP contribution in [0.4, 0.5) is 11.6 Å². The molecule has 1 aliphatic rings. The zero-order valence-electron chi connectivity index (χ0n) is 23.3. The van der Waals surface area contributed by atoms with Gasteiger partial charge < -0.3 is 40.6 Å². The van der Waals surface area contributed by atoms with Gasteiger partial charge in [-0.1, -0.05) is 12.1 Å². The fourth-order valence-corrected chi connectivity index (χ4v) is 5.89. The molecule has 5 aromatic rings. The Balaban J connectivity index is 1.15. The maximum Gasteiger partial charge on any atom is 0.167 e. The monoisotopic (exact) mass is 606 g/mol.